The molecular formula is C16H17N3O2. The van der Waals surface area contributed by atoms with Crippen LogP contribution in [0.4, 0.5) is 5.82 Å². The van der Waals surface area contributed by atoms with E-state index in [0.717, 1.165) is 11.1 Å². The fourth-order valence-electron chi connectivity index (χ4n) is 1.84. The van der Waals surface area contributed by atoms with E-state index in [-0.39, 0.29) is 18.4 Å². The third-order valence-corrected chi connectivity index (χ3v) is 2.87. The van der Waals surface area contributed by atoms with Crippen LogP contribution in [0.2, 0.25) is 0 Å². The fourth-order valence-corrected chi connectivity index (χ4v) is 1.84. The first-order valence-corrected chi connectivity index (χ1v) is 6.62. The number of benzene rings is 1. The zero-order valence-electron chi connectivity index (χ0n) is 12.0. The topological polar surface area (TPSA) is 71.1 Å². The molecule has 0 aliphatic rings. The Balaban J connectivity index is 1.88. The van der Waals surface area contributed by atoms with E-state index in [1.807, 2.05) is 26.0 Å². The highest BCUT2D eigenvalue weighted by molar-refractivity contribution is 5.99. The molecule has 0 radical (unpaired) electrons. The number of hydrogen-bond donors (Lipinski definition) is 2. The Bertz CT molecular complexity index is 668. The summed E-state index contributed by atoms with van der Waals surface area (Å²) in [6.07, 6.45) is 1.62. The predicted octanol–water partition coefficient (Wildman–Crippen LogP) is 2.07. The molecule has 108 valence electrons. The van der Waals surface area contributed by atoms with Gasteiger partial charge in [0.25, 0.3) is 5.91 Å². The quantitative estimate of drug-likeness (QED) is 0.902. The summed E-state index contributed by atoms with van der Waals surface area (Å²) in [7, 11) is 0. The normalized spacial score (nSPS) is 10.0. The largest absolute Gasteiger partial charge is 0.343 e. The van der Waals surface area contributed by atoms with E-state index in [0.29, 0.717) is 11.4 Å². The summed E-state index contributed by atoms with van der Waals surface area (Å²) in [6.45, 7) is 3.73. The van der Waals surface area contributed by atoms with Crippen LogP contribution in [-0.4, -0.2) is 23.3 Å². The standard InChI is InChI=1S/C16H17N3O2/c1-11-4-3-5-13(8-11)16(21)18-10-15(20)19-14-9-12(2)6-7-17-14/h3-9H,10H2,1-2H3,(H,18,21)(H,17,19,20). The Kier molecular flexibility index (Phi) is 4.66. The van der Waals surface area contributed by atoms with E-state index in [9.17, 15) is 9.59 Å². The van der Waals surface area contributed by atoms with Gasteiger partial charge in [0, 0.05) is 11.8 Å². The van der Waals surface area contributed by atoms with Crippen molar-refractivity contribution < 1.29 is 9.59 Å². The zero-order valence-corrected chi connectivity index (χ0v) is 12.0. The van der Waals surface area contributed by atoms with Gasteiger partial charge in [0.05, 0.1) is 6.54 Å². The van der Waals surface area contributed by atoms with E-state index >= 15 is 0 Å². The molecule has 0 aliphatic heterocycles. The number of nitrogens with zero attached hydrogens (tertiary/aromatic N) is 1. The van der Waals surface area contributed by atoms with Crippen LogP contribution in [-0.2, 0) is 4.79 Å². The lowest BCUT2D eigenvalue weighted by Crippen LogP contribution is -2.33. The minimum Gasteiger partial charge on any atom is -0.343 e. The number of hydrogen-bond acceptors (Lipinski definition) is 3. The Morgan fingerprint density at radius 2 is 1.86 bits per heavy atom. The maximum absolute atomic E-state index is 11.9. The third kappa shape index (κ3) is 4.42. The van der Waals surface area contributed by atoms with E-state index in [2.05, 4.69) is 15.6 Å². The van der Waals surface area contributed by atoms with Crippen molar-refractivity contribution in [3.8, 4) is 0 Å². The van der Waals surface area contributed by atoms with Crippen molar-refractivity contribution in [3.63, 3.8) is 0 Å². The van der Waals surface area contributed by atoms with Gasteiger partial charge in [0.2, 0.25) is 5.91 Å². The number of amides is 2. The van der Waals surface area contributed by atoms with Crippen molar-refractivity contribution >= 4 is 17.6 Å². The number of rotatable bonds is 4. The van der Waals surface area contributed by atoms with Crippen molar-refractivity contribution in [2.24, 2.45) is 0 Å². The molecule has 0 atom stereocenters. The highest BCUT2D eigenvalue weighted by Gasteiger charge is 2.08. The van der Waals surface area contributed by atoms with Gasteiger partial charge in [-0.2, -0.15) is 0 Å². The second-order valence-electron chi connectivity index (χ2n) is 4.82. The van der Waals surface area contributed by atoms with Gasteiger partial charge in [0.15, 0.2) is 0 Å². The van der Waals surface area contributed by atoms with Crippen molar-refractivity contribution in [2.75, 3.05) is 11.9 Å². The maximum atomic E-state index is 11.9. The van der Waals surface area contributed by atoms with Crippen LogP contribution < -0.4 is 10.6 Å². The second kappa shape index (κ2) is 6.65. The zero-order chi connectivity index (χ0) is 15.2. The summed E-state index contributed by atoms with van der Waals surface area (Å²) in [4.78, 5) is 27.7. The summed E-state index contributed by atoms with van der Waals surface area (Å²) < 4.78 is 0. The lowest BCUT2D eigenvalue weighted by atomic mass is 10.1. The van der Waals surface area contributed by atoms with Gasteiger partial charge in [-0.05, 0) is 43.7 Å². The maximum Gasteiger partial charge on any atom is 0.251 e. The molecule has 21 heavy (non-hydrogen) atoms. The minimum absolute atomic E-state index is 0.0948. The van der Waals surface area contributed by atoms with Crippen LogP contribution >= 0.6 is 0 Å². The molecule has 2 rings (SSSR count). The lowest BCUT2D eigenvalue weighted by Gasteiger charge is -2.07. The molecule has 0 unspecified atom stereocenters. The summed E-state index contributed by atoms with van der Waals surface area (Å²) >= 11 is 0. The summed E-state index contributed by atoms with van der Waals surface area (Å²) in [5.74, 6) is -0.107. The average molecular weight is 283 g/mol. The van der Waals surface area contributed by atoms with Gasteiger partial charge >= 0.3 is 0 Å². The molecule has 5 heteroatoms. The van der Waals surface area contributed by atoms with E-state index in [1.54, 1.807) is 30.5 Å². The van der Waals surface area contributed by atoms with Crippen molar-refractivity contribution in [1.29, 1.82) is 0 Å². The van der Waals surface area contributed by atoms with Gasteiger partial charge < -0.3 is 10.6 Å². The molecule has 1 aromatic heterocycles. The summed E-state index contributed by atoms with van der Waals surface area (Å²) in [6, 6.07) is 10.8. The number of nitrogens with one attached hydrogen (secondary N) is 2. The highest BCUT2D eigenvalue weighted by atomic mass is 16.2. The van der Waals surface area contributed by atoms with Gasteiger partial charge in [-0.3, -0.25) is 9.59 Å². The average Bonchev–Trinajstić information content (AvgIpc) is 2.45. The molecule has 2 amide bonds. The fraction of sp³-hybridized carbons (Fsp3) is 0.188. The molecule has 0 bridgehead atoms. The Morgan fingerprint density at radius 3 is 2.57 bits per heavy atom. The monoisotopic (exact) mass is 283 g/mol. The van der Waals surface area contributed by atoms with E-state index in [4.69, 9.17) is 0 Å². The van der Waals surface area contributed by atoms with Crippen LogP contribution in [0, 0.1) is 13.8 Å². The van der Waals surface area contributed by atoms with Crippen LogP contribution in [0.15, 0.2) is 42.6 Å². The minimum atomic E-state index is -0.311. The van der Waals surface area contributed by atoms with E-state index < -0.39 is 0 Å². The molecule has 1 aromatic carbocycles. The Morgan fingerprint density at radius 1 is 1.10 bits per heavy atom. The first-order valence-electron chi connectivity index (χ1n) is 6.62. The molecule has 5 nitrogen and oxygen atoms in total. The first kappa shape index (κ1) is 14.7. The molecule has 0 fully saturated rings. The van der Waals surface area contributed by atoms with Crippen molar-refractivity contribution in [3.05, 3.63) is 59.3 Å². The van der Waals surface area contributed by atoms with Crippen molar-refractivity contribution in [2.45, 2.75) is 13.8 Å². The summed E-state index contributed by atoms with van der Waals surface area (Å²) in [5.41, 5.74) is 2.54. The van der Waals surface area contributed by atoms with Crippen LogP contribution in [0.5, 0.6) is 0 Å². The first-order chi connectivity index (χ1) is 10.0. The molecule has 0 saturated carbocycles. The highest BCUT2D eigenvalue weighted by Crippen LogP contribution is 2.05. The van der Waals surface area contributed by atoms with E-state index in [1.165, 1.54) is 0 Å². The second-order valence-corrected chi connectivity index (χ2v) is 4.82. The number of carbonyl (C=O) groups excluding carboxylic acids is 2. The van der Waals surface area contributed by atoms with Crippen molar-refractivity contribution in [1.82, 2.24) is 10.3 Å². The third-order valence-electron chi connectivity index (χ3n) is 2.87. The molecule has 1 heterocycles. The van der Waals surface area contributed by atoms with Gasteiger partial charge in [-0.1, -0.05) is 17.7 Å². The molecule has 0 aliphatic carbocycles. The number of aryl methyl sites for hydroxylation is 2. The van der Waals surface area contributed by atoms with Gasteiger partial charge in [-0.25, -0.2) is 4.98 Å². The molecule has 2 N–H and O–H groups in total. The Hall–Kier alpha value is -2.69. The van der Waals surface area contributed by atoms with Gasteiger partial charge in [-0.15, -0.1) is 0 Å². The number of pyridine rings is 1. The number of carbonyl (C=O) groups is 2. The lowest BCUT2D eigenvalue weighted by molar-refractivity contribution is -0.115. The Labute approximate surface area is 123 Å². The molecule has 0 spiro atoms. The van der Waals surface area contributed by atoms with Crippen LogP contribution in [0.1, 0.15) is 21.5 Å². The molecule has 2 aromatic rings. The predicted molar refractivity (Wildman–Crippen MR) is 81.1 cm³/mol. The van der Waals surface area contributed by atoms with Crippen LogP contribution in [0.25, 0.3) is 0 Å². The molecule has 0 saturated heterocycles. The molecular weight excluding hydrogens is 266 g/mol. The number of anilines is 1. The number of aromatic nitrogens is 1. The van der Waals surface area contributed by atoms with Gasteiger partial charge in [0.1, 0.15) is 5.82 Å². The summed E-state index contributed by atoms with van der Waals surface area (Å²) in [5, 5.41) is 5.22. The SMILES string of the molecule is Cc1cccc(C(=O)NCC(=O)Nc2cc(C)ccn2)c1. The van der Waals surface area contributed by atoms with Crippen LogP contribution in [0.3, 0.4) is 0 Å². The smallest absolute Gasteiger partial charge is 0.251 e.